The van der Waals surface area contributed by atoms with E-state index in [2.05, 4.69) is 11.9 Å². The van der Waals surface area contributed by atoms with Crippen LogP contribution in [0.5, 0.6) is 0 Å². The highest BCUT2D eigenvalue weighted by Crippen LogP contribution is 2.31. The Morgan fingerprint density at radius 1 is 1.19 bits per heavy atom. The van der Waals surface area contributed by atoms with Gasteiger partial charge in [-0.05, 0) is 81.1 Å². The van der Waals surface area contributed by atoms with Crippen molar-refractivity contribution in [2.45, 2.75) is 38.8 Å². The van der Waals surface area contributed by atoms with Gasteiger partial charge in [0.25, 0.3) is 5.91 Å². The molecular formula is C24H30ClN3O3S. The summed E-state index contributed by atoms with van der Waals surface area (Å²) in [5.41, 5.74) is 2.50. The maximum absolute atomic E-state index is 13.4. The third-order valence-corrected chi connectivity index (χ3v) is 7.73. The predicted octanol–water partition coefficient (Wildman–Crippen LogP) is 4.00. The number of hydrogen-bond donors (Lipinski definition) is 1. The van der Waals surface area contributed by atoms with Crippen LogP contribution >= 0.6 is 22.9 Å². The molecule has 1 unspecified atom stereocenters. The third kappa shape index (κ3) is 5.34. The highest BCUT2D eigenvalue weighted by atomic mass is 35.5. The molecule has 2 aromatic rings. The Morgan fingerprint density at radius 3 is 2.78 bits per heavy atom. The van der Waals surface area contributed by atoms with E-state index >= 15 is 0 Å². The van der Waals surface area contributed by atoms with Crippen molar-refractivity contribution >= 4 is 40.4 Å². The van der Waals surface area contributed by atoms with Crippen LogP contribution in [0.15, 0.2) is 30.3 Å². The Kier molecular flexibility index (Phi) is 7.51. The molecule has 1 saturated heterocycles. The Bertz CT molecular complexity index is 979. The summed E-state index contributed by atoms with van der Waals surface area (Å²) in [6, 6.07) is 9.09. The van der Waals surface area contributed by atoms with Crippen LogP contribution < -0.4 is 4.90 Å². The molecule has 2 amide bonds. The number of halogens is 1. The van der Waals surface area contributed by atoms with Gasteiger partial charge in [0.1, 0.15) is 6.54 Å². The number of aliphatic hydroxyl groups excluding tert-OH is 1. The Labute approximate surface area is 198 Å². The third-order valence-electron chi connectivity index (χ3n) is 6.51. The second-order valence-corrected chi connectivity index (χ2v) is 10.5. The molecule has 0 bridgehead atoms. The highest BCUT2D eigenvalue weighted by Gasteiger charge is 2.30. The van der Waals surface area contributed by atoms with Crippen molar-refractivity contribution in [3.63, 3.8) is 0 Å². The van der Waals surface area contributed by atoms with E-state index < -0.39 is 0 Å². The SMILES string of the molecule is CN1CCCC(CCN2C(=O)CN(C(=O)c3ccc(Cl)s3)Cc3ccc(CO)cc32)CC1. The monoisotopic (exact) mass is 475 g/mol. The molecule has 2 aliphatic rings. The number of likely N-dealkylation sites (tertiary alicyclic amines) is 1. The summed E-state index contributed by atoms with van der Waals surface area (Å²) in [4.78, 5) is 32.8. The molecule has 6 nitrogen and oxygen atoms in total. The number of nitrogens with zero attached hydrogens (tertiary/aromatic N) is 3. The number of hydrogen-bond acceptors (Lipinski definition) is 5. The van der Waals surface area contributed by atoms with Crippen molar-refractivity contribution in [1.29, 1.82) is 0 Å². The van der Waals surface area contributed by atoms with E-state index in [1.807, 2.05) is 23.1 Å². The first-order valence-corrected chi connectivity index (χ1v) is 12.4. The first-order chi connectivity index (χ1) is 15.4. The number of aliphatic hydroxyl groups is 1. The molecular weight excluding hydrogens is 446 g/mol. The van der Waals surface area contributed by atoms with Gasteiger partial charge in [-0.25, -0.2) is 0 Å². The van der Waals surface area contributed by atoms with E-state index in [0.29, 0.717) is 28.2 Å². The van der Waals surface area contributed by atoms with Crippen LogP contribution in [0.25, 0.3) is 0 Å². The lowest BCUT2D eigenvalue weighted by Crippen LogP contribution is -2.40. The van der Waals surface area contributed by atoms with E-state index in [0.717, 1.165) is 42.7 Å². The summed E-state index contributed by atoms with van der Waals surface area (Å²) in [6.07, 6.45) is 4.45. The average Bonchev–Trinajstić information content (AvgIpc) is 3.03. The second kappa shape index (κ2) is 10.3. The number of thiophene rings is 1. The lowest BCUT2D eigenvalue weighted by molar-refractivity contribution is -0.119. The minimum absolute atomic E-state index is 0.0326. The fourth-order valence-corrected chi connectivity index (χ4v) is 5.63. The number of rotatable bonds is 5. The van der Waals surface area contributed by atoms with Gasteiger partial charge < -0.3 is 19.8 Å². The maximum atomic E-state index is 13.4. The molecule has 0 radical (unpaired) electrons. The Balaban J connectivity index is 1.57. The van der Waals surface area contributed by atoms with Crippen LogP contribution in [0.4, 0.5) is 5.69 Å². The normalized spacial score (nSPS) is 20.1. The fraction of sp³-hybridized carbons (Fsp3) is 0.500. The molecule has 3 heterocycles. The minimum atomic E-state index is -0.180. The number of fused-ring (bicyclic) bond motifs is 1. The van der Waals surface area contributed by atoms with Gasteiger partial charge in [-0.1, -0.05) is 23.7 Å². The number of amides is 2. The molecule has 2 aliphatic heterocycles. The van der Waals surface area contributed by atoms with Crippen molar-refractivity contribution in [3.8, 4) is 0 Å². The molecule has 0 spiro atoms. The topological polar surface area (TPSA) is 64.1 Å². The maximum Gasteiger partial charge on any atom is 0.264 e. The van der Waals surface area contributed by atoms with Gasteiger partial charge >= 0.3 is 0 Å². The largest absolute Gasteiger partial charge is 0.392 e. The van der Waals surface area contributed by atoms with Crippen LogP contribution in [0.1, 0.15) is 46.5 Å². The number of anilines is 1. The van der Waals surface area contributed by atoms with Crippen molar-refractivity contribution in [2.75, 3.05) is 38.1 Å². The fourth-order valence-electron chi connectivity index (χ4n) is 4.62. The summed E-state index contributed by atoms with van der Waals surface area (Å²) in [5.74, 6) is 0.327. The molecule has 0 aliphatic carbocycles. The van der Waals surface area contributed by atoms with Gasteiger partial charge in [0, 0.05) is 18.8 Å². The smallest absolute Gasteiger partial charge is 0.264 e. The van der Waals surface area contributed by atoms with Crippen LogP contribution in [0.3, 0.4) is 0 Å². The summed E-state index contributed by atoms with van der Waals surface area (Å²) in [7, 11) is 2.17. The van der Waals surface area contributed by atoms with Gasteiger partial charge in [-0.3, -0.25) is 9.59 Å². The molecule has 32 heavy (non-hydrogen) atoms. The molecule has 4 rings (SSSR count). The number of benzene rings is 1. The molecule has 1 aromatic heterocycles. The summed E-state index contributed by atoms with van der Waals surface area (Å²) in [5, 5.41) is 9.66. The lowest BCUT2D eigenvalue weighted by Gasteiger charge is -2.25. The van der Waals surface area contributed by atoms with E-state index in [1.54, 1.807) is 17.0 Å². The van der Waals surface area contributed by atoms with Crippen LogP contribution in [0, 0.1) is 5.92 Å². The van der Waals surface area contributed by atoms with E-state index in [4.69, 9.17) is 11.6 Å². The summed E-state index contributed by atoms with van der Waals surface area (Å²) in [6.45, 7) is 3.15. The van der Waals surface area contributed by atoms with Gasteiger partial charge in [0.2, 0.25) is 5.91 Å². The van der Waals surface area contributed by atoms with Crippen LogP contribution in [0.2, 0.25) is 4.34 Å². The van der Waals surface area contributed by atoms with E-state index in [-0.39, 0.29) is 25.0 Å². The molecule has 1 N–H and O–H groups in total. The zero-order chi connectivity index (χ0) is 22.7. The summed E-state index contributed by atoms with van der Waals surface area (Å²) < 4.78 is 0.554. The van der Waals surface area contributed by atoms with Crippen LogP contribution in [-0.4, -0.2) is 59.9 Å². The van der Waals surface area contributed by atoms with Crippen molar-refractivity contribution < 1.29 is 14.7 Å². The average molecular weight is 476 g/mol. The van der Waals surface area contributed by atoms with Crippen molar-refractivity contribution in [3.05, 3.63) is 50.7 Å². The standard InChI is InChI=1S/C24H30ClN3O3S/c1-26-10-2-3-17(8-11-26)9-12-28-20-13-18(16-29)4-5-19(20)14-27(15-23(28)30)24(31)21-6-7-22(25)32-21/h4-7,13,17,29H,2-3,8-12,14-16H2,1H3. The lowest BCUT2D eigenvalue weighted by atomic mass is 9.96. The summed E-state index contributed by atoms with van der Waals surface area (Å²) >= 11 is 7.25. The second-order valence-electron chi connectivity index (χ2n) is 8.82. The molecule has 8 heteroatoms. The van der Waals surface area contributed by atoms with Gasteiger partial charge in [-0.15, -0.1) is 11.3 Å². The minimum Gasteiger partial charge on any atom is -0.392 e. The van der Waals surface area contributed by atoms with Crippen LogP contribution in [-0.2, 0) is 17.9 Å². The molecule has 1 aromatic carbocycles. The molecule has 1 fully saturated rings. The zero-order valence-electron chi connectivity index (χ0n) is 18.4. The molecule has 172 valence electrons. The highest BCUT2D eigenvalue weighted by molar-refractivity contribution is 7.17. The number of carbonyl (C=O) groups is 2. The Hall–Kier alpha value is -1.93. The number of carbonyl (C=O) groups excluding carboxylic acids is 2. The van der Waals surface area contributed by atoms with E-state index in [1.165, 1.54) is 24.2 Å². The van der Waals surface area contributed by atoms with Gasteiger partial charge in [-0.2, -0.15) is 0 Å². The van der Waals surface area contributed by atoms with Gasteiger partial charge in [0.05, 0.1) is 15.8 Å². The van der Waals surface area contributed by atoms with E-state index in [9.17, 15) is 14.7 Å². The molecule has 1 atom stereocenters. The Morgan fingerprint density at radius 2 is 2.03 bits per heavy atom. The molecule has 0 saturated carbocycles. The predicted molar refractivity (Wildman–Crippen MR) is 128 cm³/mol. The quantitative estimate of drug-likeness (QED) is 0.709. The zero-order valence-corrected chi connectivity index (χ0v) is 20.0. The van der Waals surface area contributed by atoms with Crippen molar-refractivity contribution in [1.82, 2.24) is 9.80 Å². The van der Waals surface area contributed by atoms with Crippen molar-refractivity contribution in [2.24, 2.45) is 5.92 Å². The first kappa shape index (κ1) is 23.2. The first-order valence-electron chi connectivity index (χ1n) is 11.2. The van der Waals surface area contributed by atoms with Gasteiger partial charge in [0.15, 0.2) is 0 Å².